The quantitative estimate of drug-likeness (QED) is 0.804. The molecule has 1 N–H and O–H groups in total. The van der Waals surface area contributed by atoms with E-state index in [1.807, 2.05) is 6.07 Å². The summed E-state index contributed by atoms with van der Waals surface area (Å²) < 4.78 is 1.79. The van der Waals surface area contributed by atoms with Gasteiger partial charge in [0.05, 0.1) is 0 Å². The standard InChI is InChI=1S/C10H13BrClNS/c1-2-5-13-6-3-4-8-7-9(11)10(12)14-8/h3-4,7,13H,2,5-6H2,1H3/b4-3+. The topological polar surface area (TPSA) is 12.0 Å². The lowest BCUT2D eigenvalue weighted by atomic mass is 10.4. The molecule has 0 bridgehead atoms. The van der Waals surface area contributed by atoms with Crippen LogP contribution >= 0.6 is 38.9 Å². The molecule has 0 aliphatic carbocycles. The van der Waals surface area contributed by atoms with Gasteiger partial charge in [-0.3, -0.25) is 0 Å². The molecule has 0 aromatic carbocycles. The van der Waals surface area contributed by atoms with E-state index in [9.17, 15) is 0 Å². The van der Waals surface area contributed by atoms with Gasteiger partial charge in [-0.2, -0.15) is 0 Å². The fourth-order valence-electron chi connectivity index (χ4n) is 0.983. The van der Waals surface area contributed by atoms with Crippen LogP contribution in [0.3, 0.4) is 0 Å². The molecule has 0 atom stereocenters. The number of halogens is 2. The van der Waals surface area contributed by atoms with E-state index >= 15 is 0 Å². The summed E-state index contributed by atoms with van der Waals surface area (Å²) in [5.74, 6) is 0. The molecule has 0 radical (unpaired) electrons. The van der Waals surface area contributed by atoms with Gasteiger partial charge in [0, 0.05) is 15.9 Å². The lowest BCUT2D eigenvalue weighted by Crippen LogP contribution is -2.13. The zero-order valence-corrected chi connectivity index (χ0v) is 11.2. The van der Waals surface area contributed by atoms with Crippen LogP contribution in [0.1, 0.15) is 18.2 Å². The number of nitrogens with one attached hydrogen (secondary N) is 1. The van der Waals surface area contributed by atoms with Crippen molar-refractivity contribution < 1.29 is 0 Å². The van der Waals surface area contributed by atoms with Crippen LogP contribution in [0.4, 0.5) is 0 Å². The van der Waals surface area contributed by atoms with E-state index in [0.29, 0.717) is 0 Å². The molecule has 0 spiro atoms. The average molecular weight is 295 g/mol. The molecule has 1 heterocycles. The first-order valence-corrected chi connectivity index (χ1v) is 6.55. The number of rotatable bonds is 5. The Morgan fingerprint density at radius 1 is 1.64 bits per heavy atom. The summed E-state index contributed by atoms with van der Waals surface area (Å²) in [5.41, 5.74) is 0. The van der Waals surface area contributed by atoms with E-state index in [4.69, 9.17) is 11.6 Å². The second kappa shape index (κ2) is 6.62. The lowest BCUT2D eigenvalue weighted by molar-refractivity contribution is 0.730. The van der Waals surface area contributed by atoms with E-state index in [1.54, 1.807) is 11.3 Å². The molecule has 14 heavy (non-hydrogen) atoms. The van der Waals surface area contributed by atoms with Gasteiger partial charge in [-0.1, -0.05) is 24.6 Å². The summed E-state index contributed by atoms with van der Waals surface area (Å²) in [6.07, 6.45) is 5.37. The highest BCUT2D eigenvalue weighted by molar-refractivity contribution is 9.10. The minimum Gasteiger partial charge on any atom is -0.313 e. The SMILES string of the molecule is CCCNC/C=C/c1cc(Br)c(Cl)s1. The third-order valence-corrected chi connectivity index (χ3v) is 4.08. The van der Waals surface area contributed by atoms with Gasteiger partial charge >= 0.3 is 0 Å². The van der Waals surface area contributed by atoms with Crippen molar-refractivity contribution in [2.75, 3.05) is 13.1 Å². The Morgan fingerprint density at radius 2 is 2.43 bits per heavy atom. The van der Waals surface area contributed by atoms with Crippen LogP contribution in [0.5, 0.6) is 0 Å². The summed E-state index contributed by atoms with van der Waals surface area (Å²) in [7, 11) is 0. The molecule has 0 amide bonds. The Labute approximate surface area is 102 Å². The van der Waals surface area contributed by atoms with E-state index < -0.39 is 0 Å². The van der Waals surface area contributed by atoms with E-state index in [0.717, 1.165) is 21.9 Å². The Bertz CT molecular complexity index is 290. The molecular formula is C10H13BrClNS. The maximum atomic E-state index is 5.91. The molecule has 1 nitrogen and oxygen atoms in total. The van der Waals surface area contributed by atoms with Crippen molar-refractivity contribution in [3.05, 3.63) is 25.8 Å². The fourth-order valence-corrected chi connectivity index (χ4v) is 2.65. The maximum absolute atomic E-state index is 5.91. The monoisotopic (exact) mass is 293 g/mol. The van der Waals surface area contributed by atoms with Crippen molar-refractivity contribution in [2.24, 2.45) is 0 Å². The first kappa shape index (κ1) is 12.2. The second-order valence-electron chi connectivity index (χ2n) is 2.88. The van der Waals surface area contributed by atoms with Gasteiger partial charge in [0.1, 0.15) is 4.34 Å². The molecule has 1 rings (SSSR count). The van der Waals surface area contributed by atoms with Gasteiger partial charge in [0.2, 0.25) is 0 Å². The summed E-state index contributed by atoms with van der Waals surface area (Å²) >= 11 is 10.9. The Hall–Kier alpha value is 0.170. The van der Waals surface area contributed by atoms with Crippen molar-refractivity contribution >= 4 is 44.9 Å². The van der Waals surface area contributed by atoms with Crippen molar-refractivity contribution in [1.82, 2.24) is 5.32 Å². The van der Waals surface area contributed by atoms with Gasteiger partial charge in [-0.05, 0) is 41.0 Å². The van der Waals surface area contributed by atoms with Crippen LogP contribution in [-0.2, 0) is 0 Å². The van der Waals surface area contributed by atoms with E-state index in [-0.39, 0.29) is 0 Å². The summed E-state index contributed by atoms with van der Waals surface area (Å²) in [4.78, 5) is 1.18. The van der Waals surface area contributed by atoms with Crippen LogP contribution in [0.15, 0.2) is 16.6 Å². The molecule has 4 heteroatoms. The fraction of sp³-hybridized carbons (Fsp3) is 0.400. The van der Waals surface area contributed by atoms with Crippen molar-refractivity contribution in [2.45, 2.75) is 13.3 Å². The number of hydrogen-bond acceptors (Lipinski definition) is 2. The molecule has 0 saturated heterocycles. The van der Waals surface area contributed by atoms with Gasteiger partial charge < -0.3 is 5.32 Å². The molecule has 0 aliphatic rings. The largest absolute Gasteiger partial charge is 0.313 e. The molecule has 1 aromatic heterocycles. The van der Waals surface area contributed by atoms with Gasteiger partial charge in [0.25, 0.3) is 0 Å². The van der Waals surface area contributed by atoms with Crippen molar-refractivity contribution in [1.29, 1.82) is 0 Å². The summed E-state index contributed by atoms with van der Waals surface area (Å²) in [6.45, 7) is 4.15. The molecule has 78 valence electrons. The normalized spacial score (nSPS) is 11.4. The Morgan fingerprint density at radius 3 is 3.00 bits per heavy atom. The first-order chi connectivity index (χ1) is 6.74. The third-order valence-electron chi connectivity index (χ3n) is 1.64. The highest BCUT2D eigenvalue weighted by Gasteiger charge is 2.00. The van der Waals surface area contributed by atoms with Crippen LogP contribution < -0.4 is 5.32 Å². The van der Waals surface area contributed by atoms with E-state index in [1.165, 1.54) is 11.3 Å². The zero-order valence-electron chi connectivity index (χ0n) is 8.02. The average Bonchev–Trinajstić information content (AvgIpc) is 2.46. The summed E-state index contributed by atoms with van der Waals surface area (Å²) in [6, 6.07) is 2.03. The molecule has 0 unspecified atom stereocenters. The first-order valence-electron chi connectivity index (χ1n) is 4.56. The van der Waals surface area contributed by atoms with Crippen molar-refractivity contribution in [3.63, 3.8) is 0 Å². The van der Waals surface area contributed by atoms with Crippen LogP contribution in [0.25, 0.3) is 6.08 Å². The van der Waals surface area contributed by atoms with Crippen LogP contribution in [-0.4, -0.2) is 13.1 Å². The molecule has 0 aliphatic heterocycles. The minimum absolute atomic E-state index is 0.811. The number of thiophene rings is 1. The molecule has 1 aromatic rings. The second-order valence-corrected chi connectivity index (χ2v) is 5.42. The molecular weight excluding hydrogens is 282 g/mol. The zero-order chi connectivity index (χ0) is 10.4. The van der Waals surface area contributed by atoms with Gasteiger partial charge in [-0.25, -0.2) is 0 Å². The molecule has 0 saturated carbocycles. The summed E-state index contributed by atoms with van der Waals surface area (Å²) in [5, 5.41) is 3.30. The highest BCUT2D eigenvalue weighted by atomic mass is 79.9. The van der Waals surface area contributed by atoms with Crippen LogP contribution in [0.2, 0.25) is 4.34 Å². The van der Waals surface area contributed by atoms with E-state index in [2.05, 4.69) is 40.3 Å². The molecule has 0 fully saturated rings. The van der Waals surface area contributed by atoms with Gasteiger partial charge in [-0.15, -0.1) is 11.3 Å². The van der Waals surface area contributed by atoms with Crippen molar-refractivity contribution in [3.8, 4) is 0 Å². The predicted molar refractivity (Wildman–Crippen MR) is 69.2 cm³/mol. The smallest absolute Gasteiger partial charge is 0.108 e. The predicted octanol–water partition coefficient (Wildman–Crippen LogP) is 4.18. The maximum Gasteiger partial charge on any atom is 0.108 e. The third kappa shape index (κ3) is 4.13. The van der Waals surface area contributed by atoms with Gasteiger partial charge in [0.15, 0.2) is 0 Å². The lowest BCUT2D eigenvalue weighted by Gasteiger charge is -1.95. The Kier molecular flexibility index (Phi) is 5.78. The minimum atomic E-state index is 0.811. The Balaban J connectivity index is 2.36. The highest BCUT2D eigenvalue weighted by Crippen LogP contribution is 2.32. The number of hydrogen-bond donors (Lipinski definition) is 1. The van der Waals surface area contributed by atoms with Crippen LogP contribution in [0, 0.1) is 0 Å².